The molecule has 3 heterocycles. The van der Waals surface area contributed by atoms with E-state index < -0.39 is 0 Å². The van der Waals surface area contributed by atoms with Crippen LogP contribution in [0, 0.1) is 5.92 Å². The molecule has 7 nitrogen and oxygen atoms in total. The Labute approximate surface area is 179 Å². The standard InChI is InChI=1S/C21H35ClN6O/c1-3-23-21(25-15-17-6-10-27(11-7-17)13-14-29-2)26-18-8-12-28(16-18)20-19(22)5-4-9-24-20/h4-5,9,17-18H,3,6-8,10-16H2,1-2H3,(H2,23,25,26). The number of nitrogens with one attached hydrogen (secondary N) is 2. The molecule has 0 aromatic carbocycles. The van der Waals surface area contributed by atoms with E-state index in [-0.39, 0.29) is 0 Å². The summed E-state index contributed by atoms with van der Waals surface area (Å²) < 4.78 is 5.19. The summed E-state index contributed by atoms with van der Waals surface area (Å²) in [6.45, 7) is 9.85. The van der Waals surface area contributed by atoms with Crippen molar-refractivity contribution in [3.05, 3.63) is 23.4 Å². The molecular weight excluding hydrogens is 388 g/mol. The Morgan fingerprint density at radius 1 is 1.31 bits per heavy atom. The third-order valence-electron chi connectivity index (χ3n) is 5.74. The number of hydrogen-bond donors (Lipinski definition) is 2. The minimum absolute atomic E-state index is 0.349. The molecule has 0 radical (unpaired) electrons. The van der Waals surface area contributed by atoms with Gasteiger partial charge in [0.05, 0.1) is 11.6 Å². The molecule has 1 unspecified atom stereocenters. The summed E-state index contributed by atoms with van der Waals surface area (Å²) in [6, 6.07) is 4.12. The van der Waals surface area contributed by atoms with Crippen molar-refractivity contribution >= 4 is 23.4 Å². The molecular formula is C21H35ClN6O. The van der Waals surface area contributed by atoms with Gasteiger partial charge in [0.15, 0.2) is 5.96 Å². The molecule has 0 amide bonds. The zero-order valence-electron chi connectivity index (χ0n) is 17.7. The zero-order chi connectivity index (χ0) is 20.5. The fourth-order valence-corrected chi connectivity index (χ4v) is 4.27. The fourth-order valence-electron chi connectivity index (χ4n) is 4.03. The van der Waals surface area contributed by atoms with Crippen molar-refractivity contribution in [2.24, 2.45) is 10.9 Å². The van der Waals surface area contributed by atoms with E-state index in [1.54, 1.807) is 13.3 Å². The Kier molecular flexibility index (Phi) is 8.83. The fraction of sp³-hybridized carbons (Fsp3) is 0.714. The number of nitrogens with zero attached hydrogens (tertiary/aromatic N) is 4. The molecule has 0 saturated carbocycles. The first-order valence-corrected chi connectivity index (χ1v) is 11.2. The summed E-state index contributed by atoms with van der Waals surface area (Å²) in [7, 11) is 1.77. The minimum atomic E-state index is 0.349. The highest BCUT2D eigenvalue weighted by molar-refractivity contribution is 6.32. The molecule has 0 spiro atoms. The third-order valence-corrected chi connectivity index (χ3v) is 6.03. The Balaban J connectivity index is 1.47. The van der Waals surface area contributed by atoms with Gasteiger partial charge < -0.3 is 25.2 Å². The van der Waals surface area contributed by atoms with Gasteiger partial charge in [-0.3, -0.25) is 4.99 Å². The summed E-state index contributed by atoms with van der Waals surface area (Å²) in [5.41, 5.74) is 0. The predicted octanol–water partition coefficient (Wildman–Crippen LogP) is 2.23. The average Bonchev–Trinajstić information content (AvgIpc) is 3.20. The van der Waals surface area contributed by atoms with Crippen LogP contribution in [0.1, 0.15) is 26.2 Å². The molecule has 1 atom stereocenters. The van der Waals surface area contributed by atoms with E-state index in [9.17, 15) is 0 Å². The van der Waals surface area contributed by atoms with Gasteiger partial charge in [-0.1, -0.05) is 11.6 Å². The quantitative estimate of drug-likeness (QED) is 0.494. The van der Waals surface area contributed by atoms with Crippen LogP contribution in [0.3, 0.4) is 0 Å². The highest BCUT2D eigenvalue weighted by Gasteiger charge is 2.26. The number of aliphatic imine (C=N–C) groups is 1. The minimum Gasteiger partial charge on any atom is -0.383 e. The van der Waals surface area contributed by atoms with Crippen molar-refractivity contribution in [1.29, 1.82) is 0 Å². The second-order valence-corrected chi connectivity index (χ2v) is 8.29. The smallest absolute Gasteiger partial charge is 0.191 e. The van der Waals surface area contributed by atoms with Crippen LogP contribution in [0.25, 0.3) is 0 Å². The lowest BCUT2D eigenvalue weighted by atomic mass is 9.97. The number of pyridine rings is 1. The van der Waals surface area contributed by atoms with Gasteiger partial charge in [-0.25, -0.2) is 4.98 Å². The average molecular weight is 423 g/mol. The Morgan fingerprint density at radius 2 is 2.14 bits per heavy atom. The third kappa shape index (κ3) is 6.73. The van der Waals surface area contributed by atoms with Crippen LogP contribution in [0.5, 0.6) is 0 Å². The summed E-state index contributed by atoms with van der Waals surface area (Å²) in [6.07, 6.45) is 5.27. The maximum absolute atomic E-state index is 6.31. The van der Waals surface area contributed by atoms with E-state index in [4.69, 9.17) is 21.3 Å². The molecule has 3 rings (SSSR count). The van der Waals surface area contributed by atoms with Gasteiger partial charge in [0.2, 0.25) is 0 Å². The number of guanidine groups is 1. The lowest BCUT2D eigenvalue weighted by Crippen LogP contribution is -2.45. The van der Waals surface area contributed by atoms with Crippen LogP contribution < -0.4 is 15.5 Å². The van der Waals surface area contributed by atoms with Crippen molar-refractivity contribution in [3.8, 4) is 0 Å². The summed E-state index contributed by atoms with van der Waals surface area (Å²) in [4.78, 5) is 14.1. The van der Waals surface area contributed by atoms with Gasteiger partial charge in [-0.15, -0.1) is 0 Å². The number of likely N-dealkylation sites (tertiary alicyclic amines) is 1. The number of halogens is 1. The van der Waals surface area contributed by atoms with E-state index in [1.807, 2.05) is 12.1 Å². The number of piperidine rings is 1. The number of rotatable bonds is 8. The molecule has 2 aliphatic rings. The topological polar surface area (TPSA) is 65.0 Å². The van der Waals surface area contributed by atoms with Crippen LogP contribution in [0.4, 0.5) is 5.82 Å². The van der Waals surface area contributed by atoms with Gasteiger partial charge >= 0.3 is 0 Å². The largest absolute Gasteiger partial charge is 0.383 e. The van der Waals surface area contributed by atoms with Crippen molar-refractivity contribution in [3.63, 3.8) is 0 Å². The van der Waals surface area contributed by atoms with E-state index in [0.717, 1.165) is 70.6 Å². The molecule has 0 aliphatic carbocycles. The first-order chi connectivity index (χ1) is 14.2. The van der Waals surface area contributed by atoms with Gasteiger partial charge in [0.25, 0.3) is 0 Å². The lowest BCUT2D eigenvalue weighted by Gasteiger charge is -2.31. The molecule has 2 aliphatic heterocycles. The van der Waals surface area contributed by atoms with Gasteiger partial charge in [-0.05, 0) is 57.3 Å². The molecule has 1 aromatic heterocycles. The number of aromatic nitrogens is 1. The Morgan fingerprint density at radius 3 is 2.86 bits per heavy atom. The maximum Gasteiger partial charge on any atom is 0.191 e. The molecule has 1 aromatic rings. The van der Waals surface area contributed by atoms with E-state index in [0.29, 0.717) is 17.0 Å². The first kappa shape index (κ1) is 22.1. The molecule has 0 bridgehead atoms. The highest BCUT2D eigenvalue weighted by atomic mass is 35.5. The number of methoxy groups -OCH3 is 1. The van der Waals surface area contributed by atoms with Crippen LogP contribution in [0.15, 0.2) is 23.3 Å². The summed E-state index contributed by atoms with van der Waals surface area (Å²) in [5, 5.41) is 7.73. The number of ether oxygens (including phenoxy) is 1. The van der Waals surface area contributed by atoms with Gasteiger partial charge in [-0.2, -0.15) is 0 Å². The number of anilines is 1. The van der Waals surface area contributed by atoms with Gasteiger partial charge in [0, 0.05) is 52.1 Å². The Bertz CT molecular complexity index is 650. The van der Waals surface area contributed by atoms with E-state index >= 15 is 0 Å². The predicted molar refractivity (Wildman–Crippen MR) is 120 cm³/mol. The SMILES string of the molecule is CCNC(=NCC1CCN(CCOC)CC1)NC1CCN(c2ncccc2Cl)C1. The van der Waals surface area contributed by atoms with Crippen LogP contribution >= 0.6 is 11.6 Å². The van der Waals surface area contributed by atoms with Crippen LogP contribution in [-0.2, 0) is 4.74 Å². The van der Waals surface area contributed by atoms with Crippen LogP contribution in [-0.4, -0.2) is 81.4 Å². The van der Waals surface area contributed by atoms with Gasteiger partial charge in [0.1, 0.15) is 5.82 Å². The monoisotopic (exact) mass is 422 g/mol. The second kappa shape index (κ2) is 11.6. The van der Waals surface area contributed by atoms with Crippen molar-refractivity contribution in [2.75, 3.05) is 64.4 Å². The first-order valence-electron chi connectivity index (χ1n) is 10.8. The zero-order valence-corrected chi connectivity index (χ0v) is 18.5. The van der Waals surface area contributed by atoms with Crippen LogP contribution in [0.2, 0.25) is 5.02 Å². The maximum atomic E-state index is 6.31. The highest BCUT2D eigenvalue weighted by Crippen LogP contribution is 2.25. The summed E-state index contributed by atoms with van der Waals surface area (Å²) in [5.74, 6) is 2.46. The molecule has 29 heavy (non-hydrogen) atoms. The van der Waals surface area contributed by atoms with Crippen molar-refractivity contribution in [1.82, 2.24) is 20.5 Å². The van der Waals surface area contributed by atoms with E-state index in [1.165, 1.54) is 12.8 Å². The molecule has 2 saturated heterocycles. The molecule has 8 heteroatoms. The van der Waals surface area contributed by atoms with E-state index in [2.05, 4.69) is 32.3 Å². The van der Waals surface area contributed by atoms with Crippen molar-refractivity contribution < 1.29 is 4.74 Å². The molecule has 2 N–H and O–H groups in total. The summed E-state index contributed by atoms with van der Waals surface area (Å²) >= 11 is 6.31. The Hall–Kier alpha value is -1.57. The number of hydrogen-bond acceptors (Lipinski definition) is 5. The molecule has 2 fully saturated rings. The normalized spacial score (nSPS) is 21.6. The lowest BCUT2D eigenvalue weighted by molar-refractivity contribution is 0.121. The van der Waals surface area contributed by atoms with Crippen molar-refractivity contribution in [2.45, 2.75) is 32.2 Å². The second-order valence-electron chi connectivity index (χ2n) is 7.88. The molecule has 162 valence electrons.